The van der Waals surface area contributed by atoms with Crippen molar-refractivity contribution < 1.29 is 0 Å². The first-order valence-corrected chi connectivity index (χ1v) is 5.94. The molecular formula is C13H20N2. The van der Waals surface area contributed by atoms with Gasteiger partial charge in [0.25, 0.3) is 0 Å². The van der Waals surface area contributed by atoms with Gasteiger partial charge in [-0.2, -0.15) is 0 Å². The van der Waals surface area contributed by atoms with Crippen LogP contribution in [0.3, 0.4) is 0 Å². The zero-order chi connectivity index (χ0) is 10.7. The molecule has 1 aromatic rings. The summed E-state index contributed by atoms with van der Waals surface area (Å²) in [6, 6.07) is 4.37. The lowest BCUT2D eigenvalue weighted by molar-refractivity contribution is 0.221. The van der Waals surface area contributed by atoms with Crippen molar-refractivity contribution in [1.82, 2.24) is 9.88 Å². The number of likely N-dealkylation sites (tertiary alicyclic amines) is 1. The first-order valence-electron chi connectivity index (χ1n) is 5.94. The molecule has 15 heavy (non-hydrogen) atoms. The average molecular weight is 204 g/mol. The third-order valence-electron chi connectivity index (χ3n) is 3.39. The highest BCUT2D eigenvalue weighted by Gasteiger charge is 2.20. The van der Waals surface area contributed by atoms with E-state index in [1.165, 1.54) is 43.7 Å². The molecule has 1 saturated heterocycles. The maximum absolute atomic E-state index is 4.53. The zero-order valence-corrected chi connectivity index (χ0v) is 9.74. The first kappa shape index (κ1) is 10.6. The van der Waals surface area contributed by atoms with Gasteiger partial charge in [-0.25, -0.2) is 0 Å². The van der Waals surface area contributed by atoms with E-state index < -0.39 is 0 Å². The number of nitrogens with zero attached hydrogens (tertiary/aromatic N) is 2. The molecule has 82 valence electrons. The monoisotopic (exact) mass is 204 g/mol. The summed E-state index contributed by atoms with van der Waals surface area (Å²) in [5, 5.41) is 0. The van der Waals surface area contributed by atoms with Crippen LogP contribution in [0.25, 0.3) is 0 Å². The zero-order valence-electron chi connectivity index (χ0n) is 9.74. The fraction of sp³-hybridized carbons (Fsp3) is 0.615. The van der Waals surface area contributed by atoms with Crippen LogP contribution < -0.4 is 0 Å². The van der Waals surface area contributed by atoms with Crippen LogP contribution in [0.15, 0.2) is 18.3 Å². The van der Waals surface area contributed by atoms with Crippen LogP contribution in [0.4, 0.5) is 0 Å². The molecule has 0 aromatic carbocycles. The summed E-state index contributed by atoms with van der Waals surface area (Å²) in [5.41, 5.74) is 2.54. The van der Waals surface area contributed by atoms with Crippen molar-refractivity contribution in [2.45, 2.75) is 32.6 Å². The summed E-state index contributed by atoms with van der Waals surface area (Å²) in [4.78, 5) is 7.05. The van der Waals surface area contributed by atoms with Gasteiger partial charge in [-0.05, 0) is 51.0 Å². The molecule has 2 nitrogen and oxygen atoms in total. The number of aromatic nitrogens is 1. The summed E-state index contributed by atoms with van der Waals surface area (Å²) in [5.74, 6) is 0.688. The van der Waals surface area contributed by atoms with Gasteiger partial charge < -0.3 is 4.90 Å². The van der Waals surface area contributed by atoms with E-state index in [2.05, 4.69) is 35.9 Å². The Kier molecular flexibility index (Phi) is 3.37. The number of aryl methyl sites for hydroxylation is 1. The third kappa shape index (κ3) is 2.57. The molecular weight excluding hydrogens is 184 g/mol. The molecule has 1 aromatic heterocycles. The predicted molar refractivity (Wildman–Crippen MR) is 63.1 cm³/mol. The Morgan fingerprint density at radius 1 is 1.33 bits per heavy atom. The van der Waals surface area contributed by atoms with E-state index in [9.17, 15) is 0 Å². The molecule has 0 spiro atoms. The van der Waals surface area contributed by atoms with Gasteiger partial charge in [-0.3, -0.25) is 4.98 Å². The van der Waals surface area contributed by atoms with Gasteiger partial charge in [0.05, 0.1) is 0 Å². The molecule has 0 radical (unpaired) electrons. The second-order valence-electron chi connectivity index (χ2n) is 4.47. The molecule has 2 heteroatoms. The minimum Gasteiger partial charge on any atom is -0.304 e. The molecule has 1 fully saturated rings. The summed E-state index contributed by atoms with van der Waals surface area (Å²) in [7, 11) is 0. The van der Waals surface area contributed by atoms with Gasteiger partial charge in [0.15, 0.2) is 0 Å². The Bertz CT molecular complexity index is 297. The maximum atomic E-state index is 4.53. The van der Waals surface area contributed by atoms with E-state index in [0.717, 1.165) is 0 Å². The molecule has 2 heterocycles. The highest BCUT2D eigenvalue weighted by Crippen LogP contribution is 2.26. The van der Waals surface area contributed by atoms with E-state index in [-0.39, 0.29) is 0 Å². The lowest BCUT2D eigenvalue weighted by atomic mass is 9.93. The van der Waals surface area contributed by atoms with Gasteiger partial charge in [-0.15, -0.1) is 0 Å². The third-order valence-corrected chi connectivity index (χ3v) is 3.39. The molecule has 0 aliphatic carbocycles. The van der Waals surface area contributed by atoms with Crippen LogP contribution in [-0.4, -0.2) is 29.5 Å². The molecule has 2 rings (SSSR count). The van der Waals surface area contributed by atoms with E-state index in [4.69, 9.17) is 0 Å². The second kappa shape index (κ2) is 4.75. The van der Waals surface area contributed by atoms with E-state index in [1.807, 2.05) is 6.20 Å². The number of hydrogen-bond acceptors (Lipinski definition) is 2. The predicted octanol–water partition coefficient (Wildman–Crippen LogP) is 2.59. The van der Waals surface area contributed by atoms with Crippen molar-refractivity contribution in [1.29, 1.82) is 0 Å². The molecule has 1 aliphatic heterocycles. The quantitative estimate of drug-likeness (QED) is 0.736. The fourth-order valence-corrected chi connectivity index (χ4v) is 2.27. The Hall–Kier alpha value is -0.890. The normalized spacial score (nSPS) is 19.3. The molecule has 0 bridgehead atoms. The minimum absolute atomic E-state index is 0.688. The summed E-state index contributed by atoms with van der Waals surface area (Å²) >= 11 is 0. The Morgan fingerprint density at radius 2 is 2.07 bits per heavy atom. The Balaban J connectivity index is 1.98. The molecule has 0 unspecified atom stereocenters. The highest BCUT2D eigenvalue weighted by atomic mass is 15.1. The van der Waals surface area contributed by atoms with Crippen LogP contribution in [0.5, 0.6) is 0 Å². The Labute approximate surface area is 92.3 Å². The number of piperidine rings is 1. The topological polar surface area (TPSA) is 16.1 Å². The van der Waals surface area contributed by atoms with Crippen LogP contribution in [0.1, 0.15) is 36.9 Å². The molecule has 0 saturated carbocycles. The molecule has 0 amide bonds. The number of hydrogen-bond donors (Lipinski definition) is 0. The molecule has 1 aliphatic rings. The van der Waals surface area contributed by atoms with Gasteiger partial charge in [0, 0.05) is 17.8 Å². The SMILES string of the molecule is CCN1CCC(c2ccc(C)cn2)CC1. The Morgan fingerprint density at radius 3 is 2.60 bits per heavy atom. The number of pyridine rings is 1. The van der Waals surface area contributed by atoms with E-state index >= 15 is 0 Å². The summed E-state index contributed by atoms with van der Waals surface area (Å²) in [6.07, 6.45) is 4.52. The number of rotatable bonds is 2. The molecule has 0 atom stereocenters. The van der Waals surface area contributed by atoms with Crippen LogP contribution in [0, 0.1) is 6.92 Å². The maximum Gasteiger partial charge on any atom is 0.0435 e. The van der Waals surface area contributed by atoms with Crippen molar-refractivity contribution in [2.75, 3.05) is 19.6 Å². The lowest BCUT2D eigenvalue weighted by Crippen LogP contribution is -2.32. The van der Waals surface area contributed by atoms with E-state index in [1.54, 1.807) is 0 Å². The van der Waals surface area contributed by atoms with Crippen LogP contribution >= 0.6 is 0 Å². The smallest absolute Gasteiger partial charge is 0.0435 e. The van der Waals surface area contributed by atoms with Crippen molar-refractivity contribution in [3.8, 4) is 0 Å². The van der Waals surface area contributed by atoms with Gasteiger partial charge in [-0.1, -0.05) is 13.0 Å². The van der Waals surface area contributed by atoms with Crippen molar-refractivity contribution in [3.05, 3.63) is 29.6 Å². The first-order chi connectivity index (χ1) is 7.29. The second-order valence-corrected chi connectivity index (χ2v) is 4.47. The lowest BCUT2D eigenvalue weighted by Gasteiger charge is -2.30. The van der Waals surface area contributed by atoms with Gasteiger partial charge in [0.1, 0.15) is 0 Å². The van der Waals surface area contributed by atoms with Crippen molar-refractivity contribution in [3.63, 3.8) is 0 Å². The summed E-state index contributed by atoms with van der Waals surface area (Å²) < 4.78 is 0. The van der Waals surface area contributed by atoms with Gasteiger partial charge >= 0.3 is 0 Å². The van der Waals surface area contributed by atoms with E-state index in [0.29, 0.717) is 5.92 Å². The van der Waals surface area contributed by atoms with Gasteiger partial charge in [0.2, 0.25) is 0 Å². The minimum atomic E-state index is 0.688. The highest BCUT2D eigenvalue weighted by molar-refractivity contribution is 5.16. The standard InChI is InChI=1S/C13H20N2/c1-3-15-8-6-12(7-9-15)13-5-4-11(2)10-14-13/h4-5,10,12H,3,6-9H2,1-2H3. The molecule has 0 N–H and O–H groups in total. The summed E-state index contributed by atoms with van der Waals surface area (Å²) in [6.45, 7) is 7.99. The average Bonchev–Trinajstić information content (AvgIpc) is 2.30. The largest absolute Gasteiger partial charge is 0.304 e. The van der Waals surface area contributed by atoms with Crippen LogP contribution in [-0.2, 0) is 0 Å². The van der Waals surface area contributed by atoms with Crippen molar-refractivity contribution >= 4 is 0 Å². The fourth-order valence-electron chi connectivity index (χ4n) is 2.27. The van der Waals surface area contributed by atoms with Crippen LogP contribution in [0.2, 0.25) is 0 Å². The van der Waals surface area contributed by atoms with Crippen molar-refractivity contribution in [2.24, 2.45) is 0 Å².